The fourth-order valence-electron chi connectivity index (χ4n) is 0.836. The summed E-state index contributed by atoms with van der Waals surface area (Å²) < 4.78 is 0. The molecule has 0 fully saturated rings. The van der Waals surface area contributed by atoms with Gasteiger partial charge < -0.3 is 10.8 Å². The molecule has 0 aliphatic heterocycles. The number of rotatable bonds is 2. The van der Waals surface area contributed by atoms with Crippen LogP contribution in [-0.2, 0) is 0 Å². The van der Waals surface area contributed by atoms with Gasteiger partial charge in [0.15, 0.2) is 5.69 Å². The summed E-state index contributed by atoms with van der Waals surface area (Å²) in [5, 5.41) is 8.28. The highest BCUT2D eigenvalue weighted by Crippen LogP contribution is 1.87. The number of nitrogens with two attached hydrogens (primary N) is 1. The van der Waals surface area contributed by atoms with Crippen molar-refractivity contribution in [1.82, 2.24) is 19.9 Å². The molecule has 0 saturated carbocycles. The smallest absolute Gasteiger partial charge is 0.356 e. The summed E-state index contributed by atoms with van der Waals surface area (Å²) in [7, 11) is 0. The van der Waals surface area contributed by atoms with Crippen molar-refractivity contribution in [1.29, 1.82) is 0 Å². The molecule has 0 saturated heterocycles. The Balaban J connectivity index is 0.000000180. The zero-order valence-electron chi connectivity index (χ0n) is 9.09. The van der Waals surface area contributed by atoms with E-state index in [0.29, 0.717) is 0 Å². The van der Waals surface area contributed by atoms with E-state index in [-0.39, 0.29) is 11.4 Å². The van der Waals surface area contributed by atoms with Crippen LogP contribution in [0.1, 0.15) is 21.0 Å². The minimum atomic E-state index is -1.05. The molecule has 3 N–H and O–H groups in total. The Morgan fingerprint density at radius 1 is 0.944 bits per heavy atom. The maximum Gasteiger partial charge on any atom is 0.356 e. The van der Waals surface area contributed by atoms with Crippen LogP contribution in [0.3, 0.4) is 0 Å². The summed E-state index contributed by atoms with van der Waals surface area (Å²) in [5.41, 5.74) is 5.03. The van der Waals surface area contributed by atoms with Crippen LogP contribution in [0.5, 0.6) is 0 Å². The molecule has 2 aromatic rings. The summed E-state index contributed by atoms with van der Waals surface area (Å²) in [6.45, 7) is 0. The molecule has 92 valence electrons. The van der Waals surface area contributed by atoms with E-state index in [1.807, 2.05) is 0 Å². The van der Waals surface area contributed by atoms with Gasteiger partial charge in [-0.1, -0.05) is 0 Å². The van der Waals surface area contributed by atoms with Crippen LogP contribution in [0.2, 0.25) is 0 Å². The van der Waals surface area contributed by atoms with E-state index in [9.17, 15) is 9.59 Å². The van der Waals surface area contributed by atoms with E-state index in [1.165, 1.54) is 37.2 Å². The van der Waals surface area contributed by atoms with Crippen molar-refractivity contribution in [2.24, 2.45) is 5.73 Å². The predicted molar refractivity (Wildman–Crippen MR) is 59.5 cm³/mol. The lowest BCUT2D eigenvalue weighted by Crippen LogP contribution is -2.12. The van der Waals surface area contributed by atoms with Gasteiger partial charge in [0.2, 0.25) is 0 Å². The van der Waals surface area contributed by atoms with Crippen LogP contribution in [0.15, 0.2) is 37.2 Å². The summed E-state index contributed by atoms with van der Waals surface area (Å²) in [4.78, 5) is 34.8. The second kappa shape index (κ2) is 6.63. The minimum absolute atomic E-state index is 0.0301. The normalized spacial score (nSPS) is 8.89. The molecule has 8 heteroatoms. The number of aromatic carboxylic acids is 1. The number of carboxylic acids is 1. The molecule has 0 aromatic carbocycles. The van der Waals surface area contributed by atoms with Gasteiger partial charge in [-0.05, 0) is 0 Å². The zero-order valence-corrected chi connectivity index (χ0v) is 9.09. The number of carbonyl (C=O) groups is 2. The molecule has 0 radical (unpaired) electrons. The first-order valence-corrected chi connectivity index (χ1v) is 4.66. The quantitative estimate of drug-likeness (QED) is 0.747. The number of primary amides is 1. The van der Waals surface area contributed by atoms with Crippen LogP contribution >= 0.6 is 0 Å². The van der Waals surface area contributed by atoms with Gasteiger partial charge in [0.25, 0.3) is 5.91 Å². The lowest BCUT2D eigenvalue weighted by atomic mass is 10.4. The maximum atomic E-state index is 10.3. The van der Waals surface area contributed by atoms with Gasteiger partial charge in [-0.3, -0.25) is 14.8 Å². The number of carbonyl (C=O) groups excluding carboxylic acids is 1. The molecule has 0 spiro atoms. The van der Waals surface area contributed by atoms with Crippen molar-refractivity contribution in [3.05, 3.63) is 48.6 Å². The Bertz CT molecular complexity index is 468. The van der Waals surface area contributed by atoms with E-state index >= 15 is 0 Å². The largest absolute Gasteiger partial charge is 0.476 e. The molecule has 1 amide bonds. The molecule has 0 aliphatic carbocycles. The van der Waals surface area contributed by atoms with E-state index in [4.69, 9.17) is 10.8 Å². The van der Waals surface area contributed by atoms with Gasteiger partial charge in [0.05, 0.1) is 12.4 Å². The number of nitrogens with zero attached hydrogens (tertiary/aromatic N) is 4. The Hall–Kier alpha value is -2.90. The Labute approximate surface area is 102 Å². The van der Waals surface area contributed by atoms with Crippen molar-refractivity contribution in [3.63, 3.8) is 0 Å². The van der Waals surface area contributed by atoms with Gasteiger partial charge in [0.1, 0.15) is 5.69 Å². The number of hydrogen-bond acceptors (Lipinski definition) is 6. The maximum absolute atomic E-state index is 10.3. The second-order valence-electron chi connectivity index (χ2n) is 2.85. The molecule has 8 nitrogen and oxygen atoms in total. The fourth-order valence-corrected chi connectivity index (χ4v) is 0.836. The highest BCUT2D eigenvalue weighted by atomic mass is 16.4. The van der Waals surface area contributed by atoms with Crippen molar-refractivity contribution < 1.29 is 14.7 Å². The third kappa shape index (κ3) is 4.31. The third-order valence-corrected chi connectivity index (χ3v) is 1.60. The summed E-state index contributed by atoms with van der Waals surface area (Å²) in [6.07, 6.45) is 8.17. The van der Waals surface area contributed by atoms with Gasteiger partial charge in [-0.2, -0.15) is 0 Å². The average Bonchev–Trinajstić information content (AvgIpc) is 2.41. The number of aromatic nitrogens is 4. The SMILES string of the molecule is NC(=O)c1cnccn1.O=C(O)c1cnccn1. The van der Waals surface area contributed by atoms with Crippen molar-refractivity contribution in [2.75, 3.05) is 0 Å². The van der Waals surface area contributed by atoms with E-state index in [1.54, 1.807) is 0 Å². The van der Waals surface area contributed by atoms with E-state index < -0.39 is 11.9 Å². The molecule has 2 aromatic heterocycles. The van der Waals surface area contributed by atoms with Crippen molar-refractivity contribution >= 4 is 11.9 Å². The van der Waals surface area contributed by atoms with Crippen molar-refractivity contribution in [2.45, 2.75) is 0 Å². The molecular weight excluding hydrogens is 238 g/mol. The molecular formula is C10H9N5O3. The standard InChI is InChI=1S/C5H5N3O.C5H4N2O2/c6-5(9)4-3-7-1-2-8-4;8-5(9)4-3-6-1-2-7-4/h1-3H,(H2,6,9);1-3H,(H,8,9). The van der Waals surface area contributed by atoms with Crippen LogP contribution in [-0.4, -0.2) is 36.9 Å². The molecule has 0 bridgehead atoms. The summed E-state index contributed by atoms with van der Waals surface area (Å²) >= 11 is 0. The van der Waals surface area contributed by atoms with Gasteiger partial charge in [-0.15, -0.1) is 0 Å². The monoisotopic (exact) mass is 247 g/mol. The summed E-state index contributed by atoms with van der Waals surface area (Å²) in [5.74, 6) is -1.61. The van der Waals surface area contributed by atoms with E-state index in [0.717, 1.165) is 0 Å². The topological polar surface area (TPSA) is 132 Å². The van der Waals surface area contributed by atoms with Crippen LogP contribution in [0.4, 0.5) is 0 Å². The molecule has 0 unspecified atom stereocenters. The van der Waals surface area contributed by atoms with Gasteiger partial charge in [-0.25, -0.2) is 14.8 Å². The van der Waals surface area contributed by atoms with Crippen LogP contribution < -0.4 is 5.73 Å². The number of carboxylic acid groups (broad SMARTS) is 1. The Morgan fingerprint density at radius 3 is 1.67 bits per heavy atom. The highest BCUT2D eigenvalue weighted by molar-refractivity contribution is 5.90. The first-order chi connectivity index (χ1) is 8.61. The lowest BCUT2D eigenvalue weighted by Gasteiger charge is -1.87. The molecule has 2 rings (SSSR count). The zero-order chi connectivity index (χ0) is 13.4. The highest BCUT2D eigenvalue weighted by Gasteiger charge is 2.00. The Kier molecular flexibility index (Phi) is 4.85. The van der Waals surface area contributed by atoms with Crippen LogP contribution in [0.25, 0.3) is 0 Å². The number of hydrogen-bond donors (Lipinski definition) is 2. The van der Waals surface area contributed by atoms with Crippen molar-refractivity contribution in [3.8, 4) is 0 Å². The lowest BCUT2D eigenvalue weighted by molar-refractivity contribution is 0.0689. The first-order valence-electron chi connectivity index (χ1n) is 4.66. The third-order valence-electron chi connectivity index (χ3n) is 1.60. The number of amides is 1. The Morgan fingerprint density at radius 2 is 1.44 bits per heavy atom. The van der Waals surface area contributed by atoms with E-state index in [2.05, 4.69) is 19.9 Å². The molecule has 18 heavy (non-hydrogen) atoms. The van der Waals surface area contributed by atoms with Crippen LogP contribution in [0, 0.1) is 0 Å². The second-order valence-corrected chi connectivity index (χ2v) is 2.85. The minimum Gasteiger partial charge on any atom is -0.476 e. The predicted octanol–water partition coefficient (Wildman–Crippen LogP) is -0.250. The molecule has 0 atom stereocenters. The van der Waals surface area contributed by atoms with Gasteiger partial charge >= 0.3 is 5.97 Å². The molecule has 0 aliphatic rings. The average molecular weight is 247 g/mol. The first kappa shape index (κ1) is 13.2. The van der Waals surface area contributed by atoms with Gasteiger partial charge in [0, 0.05) is 24.8 Å². The fraction of sp³-hybridized carbons (Fsp3) is 0. The summed E-state index contributed by atoms with van der Waals surface area (Å²) in [6, 6.07) is 0. The molecule has 2 heterocycles.